The summed E-state index contributed by atoms with van der Waals surface area (Å²) >= 11 is 0. The molecule has 0 aliphatic carbocycles. The number of aromatic hydroxyl groups is 2. The fourth-order valence-electron chi connectivity index (χ4n) is 8.11. The van der Waals surface area contributed by atoms with Crippen molar-refractivity contribution in [3.8, 4) is 92.9 Å². The van der Waals surface area contributed by atoms with Crippen molar-refractivity contribution in [3.05, 3.63) is 252 Å². The Bertz CT molecular complexity index is 5200. The molecule has 0 bridgehead atoms. The van der Waals surface area contributed by atoms with E-state index in [1.54, 1.807) is 50.4 Å². The van der Waals surface area contributed by atoms with Crippen LogP contribution in [0.15, 0.2) is 236 Å². The molecule has 10 aromatic rings. The molecular weight excluding hydrogens is 1510 g/mol. The van der Waals surface area contributed by atoms with E-state index in [1.807, 2.05) is 61.5 Å². The molecule has 0 fully saturated rings. The molecule has 22 nitrogen and oxygen atoms in total. The van der Waals surface area contributed by atoms with Crippen LogP contribution >= 0.6 is 0 Å². The summed E-state index contributed by atoms with van der Waals surface area (Å²) in [4.78, 5) is -3.28. The van der Waals surface area contributed by atoms with Crippen LogP contribution in [0.25, 0.3) is 22.3 Å². The van der Waals surface area contributed by atoms with Gasteiger partial charge in [0.25, 0.3) is 0 Å². The molecular formula is C71H61FNa4O22S6. The molecule has 0 aromatic heterocycles. The number of hydrogen-bond donors (Lipinski definition) is 2. The summed E-state index contributed by atoms with van der Waals surface area (Å²) < 4.78 is 206. The maximum absolute atomic E-state index is 13.4. The summed E-state index contributed by atoms with van der Waals surface area (Å²) in [5.41, 5.74) is 8.19. The quantitative estimate of drug-likeness (QED) is 0.0491. The summed E-state index contributed by atoms with van der Waals surface area (Å²) in [7, 11) is -21.8. The first-order valence-corrected chi connectivity index (χ1v) is 35.1. The van der Waals surface area contributed by atoms with Crippen LogP contribution in [-0.2, 0) is 61.1 Å². The molecule has 0 spiro atoms. The van der Waals surface area contributed by atoms with E-state index in [0.29, 0.717) is 40.5 Å². The largest absolute Gasteiger partial charge is 1.00 e. The van der Waals surface area contributed by atoms with E-state index in [9.17, 15) is 47.2 Å². The molecule has 33 heteroatoms. The first kappa shape index (κ1) is 99.1. The molecule has 0 unspecified atom stereocenters. The number of ether oxygens (including phenoxy) is 4. The Labute approximate surface area is 696 Å². The third-order valence-electron chi connectivity index (χ3n) is 12.9. The molecule has 0 heterocycles. The van der Waals surface area contributed by atoms with Crippen LogP contribution in [0.4, 0.5) is 4.39 Å². The molecule has 104 heavy (non-hydrogen) atoms. The number of phenolic OH excluding ortho intramolecular Hbond substituents is 2. The fraction of sp³-hybridized carbons (Fsp3) is 0.0986. The Morgan fingerprint density at radius 3 is 1.26 bits per heavy atom. The van der Waals surface area contributed by atoms with Gasteiger partial charge in [-0.25, -0.2) is 38.1 Å². The van der Waals surface area contributed by atoms with E-state index in [4.69, 9.17) is 67.3 Å². The first-order chi connectivity index (χ1) is 46.1. The Balaban J connectivity index is 0. The van der Waals surface area contributed by atoms with Gasteiger partial charge in [0.2, 0.25) is 0 Å². The van der Waals surface area contributed by atoms with Crippen molar-refractivity contribution in [2.24, 2.45) is 0 Å². The van der Waals surface area contributed by atoms with Crippen LogP contribution in [0, 0.1) is 63.4 Å². The summed E-state index contributed by atoms with van der Waals surface area (Å²) in [5.74, 6) is 5.64. The molecule has 10 rings (SSSR count). The van der Waals surface area contributed by atoms with Crippen LogP contribution < -0.4 is 137 Å². The normalized spacial score (nSPS) is 10.1. The summed E-state index contributed by atoms with van der Waals surface area (Å²) in [6.07, 6.45) is 10.6. The molecule has 524 valence electrons. The van der Waals surface area contributed by atoms with Crippen molar-refractivity contribution in [1.29, 1.82) is 0 Å². The van der Waals surface area contributed by atoms with Gasteiger partial charge in [0.1, 0.15) is 66.3 Å². The first-order valence-electron chi connectivity index (χ1n) is 27.4. The number of rotatable bonds is 14. The van der Waals surface area contributed by atoms with Gasteiger partial charge in [0, 0.05) is 11.8 Å². The van der Waals surface area contributed by atoms with Crippen molar-refractivity contribution >= 4 is 61.1 Å². The number of methoxy groups -OCH3 is 2. The molecule has 0 saturated heterocycles. The second kappa shape index (κ2) is 46.2. The molecule has 10 aromatic carbocycles. The number of sulfone groups is 2. The van der Waals surface area contributed by atoms with E-state index in [0.717, 1.165) is 57.8 Å². The summed E-state index contributed by atoms with van der Waals surface area (Å²) in [6.45, 7) is 5.72. The van der Waals surface area contributed by atoms with Crippen molar-refractivity contribution in [2.75, 3.05) is 14.2 Å². The third kappa shape index (κ3) is 30.8. The number of hydrogen-bond acceptors (Lipinski definition) is 22. The van der Waals surface area contributed by atoms with Crippen LogP contribution in [0.3, 0.4) is 0 Å². The average molecular weight is 1570 g/mol. The fourth-order valence-corrected chi connectivity index (χ4v) is 12.0. The Hall–Kier alpha value is -6.99. The molecule has 0 radical (unpaired) electrons. The predicted molar refractivity (Wildman–Crippen MR) is 366 cm³/mol. The minimum Gasteiger partial charge on any atom is -0.744 e. The zero-order chi connectivity index (χ0) is 72.7. The summed E-state index contributed by atoms with van der Waals surface area (Å²) in [6, 6.07) is 58.6. The van der Waals surface area contributed by atoms with E-state index < -0.39 is 86.5 Å². The number of halogens is 1. The van der Waals surface area contributed by atoms with Crippen molar-refractivity contribution < 1.29 is 220 Å². The SMILES string of the molecule is C.C.C#Cc1cc(C)ccc1O.C#Cc1cc(Oc2ccc(S(=O)(=O)c3c[c-]c(Oc4ccc(-c5ccc(OC)cc5)cc4)cc3)cc2S(=O)(=O)[O-])ccc1OC.Cc1[c-]cc(S(=O)(=O)c2ccc(F)c(S(=O)(=O)[O-])c2)cc1.Cc1ccc(-c2ccc(O)cc2)cc1.O=S(=O)=O.O=S(=O)=O.[Na+].[Na+].[Na+].[Na+]. The molecule has 0 saturated carbocycles. The van der Waals surface area contributed by atoms with Gasteiger partial charge in [0.15, 0.2) is 19.7 Å². The maximum Gasteiger partial charge on any atom is 1.00 e. The maximum atomic E-state index is 13.4. The van der Waals surface area contributed by atoms with E-state index in [1.165, 1.54) is 72.8 Å². The second-order valence-electron chi connectivity index (χ2n) is 19.7. The zero-order valence-electron chi connectivity index (χ0n) is 55.7. The van der Waals surface area contributed by atoms with E-state index in [-0.39, 0.29) is 166 Å². The zero-order valence-corrected chi connectivity index (χ0v) is 68.6. The van der Waals surface area contributed by atoms with Crippen LogP contribution in [0.5, 0.6) is 46.0 Å². The minimum absolute atomic E-state index is 0. The Kier molecular flexibility index (Phi) is 44.0. The number of phenols is 2. The van der Waals surface area contributed by atoms with Crippen molar-refractivity contribution in [1.82, 2.24) is 0 Å². The number of benzene rings is 10. The Morgan fingerprint density at radius 1 is 0.433 bits per heavy atom. The molecule has 0 amide bonds. The van der Waals surface area contributed by atoms with E-state index in [2.05, 4.69) is 55.2 Å². The minimum atomic E-state index is -5.15. The van der Waals surface area contributed by atoms with Crippen molar-refractivity contribution in [2.45, 2.75) is 65.0 Å². The standard InChI is InChI=1S/C34H25O9S2.C13H10FO5S2.C13H12O.C9H8O.2CH4.4Na.2O3S/c1-4-23-21-29(15-19-32(23)41-3)43-33-20-18-31(22-34(33)45(37,38)39)44(35,36)30-16-13-28(14-17-30)42-27-11-7-25(8-12-27)24-5-9-26(40-2)10-6-24;1-9-2-4-10(5-3-9)20(15,16)11-6-7-12(14)13(8-11)21(17,18)19;1-10-2-4-11(5-3-10)12-6-8-13(14)9-7-12;1-3-8-6-7(2)4-5-9(8)10;;;;;;;2*1-4(2)3/h1,5-13,15-22H,2-3H3,(H,37,38,39);2,4-8H,1H3,(H,17,18,19);2-9,14H,1H3;1,4-6,10H,2H3;2*1H4;;;;;;/q2*-1;;;;;4*+1;;/p-2. The topological polar surface area (TPSA) is 362 Å². The van der Waals surface area contributed by atoms with E-state index >= 15 is 0 Å². The predicted octanol–water partition coefficient (Wildman–Crippen LogP) is 0.475. The molecule has 0 aliphatic rings. The summed E-state index contributed by atoms with van der Waals surface area (Å²) in [5, 5.41) is 18.2. The number of aryl methyl sites for hydroxylation is 3. The van der Waals surface area contributed by atoms with Gasteiger partial charge in [-0.2, -0.15) is 42.0 Å². The van der Waals surface area contributed by atoms with Crippen molar-refractivity contribution in [3.63, 3.8) is 0 Å². The molecule has 2 N–H and O–H groups in total. The van der Waals surface area contributed by atoms with Crippen LogP contribution in [0.2, 0.25) is 0 Å². The Morgan fingerprint density at radius 2 is 0.837 bits per heavy atom. The molecule has 0 aliphatic heterocycles. The average Bonchev–Trinajstić information content (AvgIpc) is 0.787. The monoisotopic (exact) mass is 1570 g/mol. The molecule has 0 atom stereocenters. The van der Waals surface area contributed by atoms with Crippen LogP contribution in [-0.4, -0.2) is 92.5 Å². The second-order valence-corrected chi connectivity index (χ2v) is 27.1. The van der Waals surface area contributed by atoms with Gasteiger partial charge in [-0.05, 0) is 149 Å². The van der Waals surface area contributed by atoms with Gasteiger partial charge in [-0.15, -0.1) is 50.2 Å². The van der Waals surface area contributed by atoms with Crippen LogP contribution in [0.1, 0.15) is 42.7 Å². The van der Waals surface area contributed by atoms with Gasteiger partial charge >= 0.3 is 139 Å². The smallest absolute Gasteiger partial charge is 0.744 e. The van der Waals surface area contributed by atoms with Gasteiger partial charge in [-0.1, -0.05) is 106 Å². The van der Waals surface area contributed by atoms with Gasteiger partial charge in [0.05, 0.1) is 44.9 Å². The van der Waals surface area contributed by atoms with Gasteiger partial charge < -0.3 is 38.3 Å². The number of terminal acetylenes is 2. The van der Waals surface area contributed by atoms with Gasteiger partial charge in [-0.3, -0.25) is 0 Å². The third-order valence-corrected chi connectivity index (χ3v) is 18.1.